The SMILES string of the molecule is CS(=O)(=O)c1ccc([C@@H](CC2CCCC2)C(=O)Nc2cnc(/C(N)=N\O)cn2)cc1. The van der Waals surface area contributed by atoms with E-state index in [1.165, 1.54) is 24.5 Å². The van der Waals surface area contributed by atoms with E-state index in [9.17, 15) is 13.2 Å². The molecule has 30 heavy (non-hydrogen) atoms. The highest BCUT2D eigenvalue weighted by atomic mass is 32.2. The van der Waals surface area contributed by atoms with Crippen molar-refractivity contribution in [2.24, 2.45) is 16.8 Å². The number of carbonyl (C=O) groups is 1. The Hall–Kier alpha value is -3.01. The Bertz CT molecular complexity index is 1010. The summed E-state index contributed by atoms with van der Waals surface area (Å²) in [4.78, 5) is 21.4. The molecule has 1 atom stereocenters. The molecule has 0 aliphatic heterocycles. The van der Waals surface area contributed by atoms with E-state index < -0.39 is 15.8 Å². The minimum absolute atomic E-state index is 0.176. The maximum atomic E-state index is 13.1. The van der Waals surface area contributed by atoms with E-state index >= 15 is 0 Å². The minimum Gasteiger partial charge on any atom is -0.409 e. The number of sulfone groups is 1. The molecule has 0 unspecified atom stereocenters. The summed E-state index contributed by atoms with van der Waals surface area (Å²) in [5, 5.41) is 14.3. The van der Waals surface area contributed by atoms with Crippen molar-refractivity contribution in [2.45, 2.75) is 42.9 Å². The third-order valence-corrected chi connectivity index (χ3v) is 6.47. The van der Waals surface area contributed by atoms with Crippen LogP contribution in [-0.4, -0.2) is 41.6 Å². The standard InChI is InChI=1S/C20H25N5O4S/c1-30(28,29)15-8-6-14(7-9-15)16(10-13-4-2-3-5-13)20(26)24-18-12-22-17(11-23-18)19(21)25-27/h6-9,11-13,16,27H,2-5,10H2,1H3,(H2,21,25)(H,23,24,26)/t16-/m1/s1. The summed E-state index contributed by atoms with van der Waals surface area (Å²) in [6.07, 6.45) is 8.96. The Labute approximate surface area is 175 Å². The highest BCUT2D eigenvalue weighted by Crippen LogP contribution is 2.35. The van der Waals surface area contributed by atoms with Crippen LogP contribution in [0.3, 0.4) is 0 Å². The lowest BCUT2D eigenvalue weighted by molar-refractivity contribution is -0.118. The van der Waals surface area contributed by atoms with E-state index in [0.717, 1.165) is 37.5 Å². The number of aromatic nitrogens is 2. The lowest BCUT2D eigenvalue weighted by atomic mass is 9.87. The maximum absolute atomic E-state index is 13.1. The van der Waals surface area contributed by atoms with Crippen LogP contribution >= 0.6 is 0 Å². The third-order valence-electron chi connectivity index (χ3n) is 5.34. The van der Waals surface area contributed by atoms with Crippen LogP contribution in [0.25, 0.3) is 0 Å². The first kappa shape index (κ1) is 21.7. The lowest BCUT2D eigenvalue weighted by Crippen LogP contribution is -2.24. The molecule has 1 aromatic carbocycles. The van der Waals surface area contributed by atoms with Crippen molar-refractivity contribution < 1.29 is 18.4 Å². The van der Waals surface area contributed by atoms with Crippen LogP contribution in [0.15, 0.2) is 46.7 Å². The van der Waals surface area contributed by atoms with Gasteiger partial charge in [-0.2, -0.15) is 0 Å². The predicted octanol–water partition coefficient (Wildman–Crippen LogP) is 2.28. The largest absolute Gasteiger partial charge is 0.409 e. The number of nitrogens with zero attached hydrogens (tertiary/aromatic N) is 3. The molecule has 160 valence electrons. The monoisotopic (exact) mass is 431 g/mol. The average molecular weight is 432 g/mol. The average Bonchev–Trinajstić information content (AvgIpc) is 3.25. The van der Waals surface area contributed by atoms with Gasteiger partial charge < -0.3 is 16.3 Å². The molecule has 2 aromatic rings. The van der Waals surface area contributed by atoms with Gasteiger partial charge >= 0.3 is 0 Å². The summed E-state index contributed by atoms with van der Waals surface area (Å²) in [6, 6.07) is 6.46. The molecule has 1 saturated carbocycles. The van der Waals surface area contributed by atoms with E-state index in [-0.39, 0.29) is 28.2 Å². The maximum Gasteiger partial charge on any atom is 0.233 e. The molecule has 0 bridgehead atoms. The van der Waals surface area contributed by atoms with Gasteiger partial charge in [-0.25, -0.2) is 18.4 Å². The number of nitrogens with one attached hydrogen (secondary N) is 1. The van der Waals surface area contributed by atoms with Crippen LogP contribution in [0.2, 0.25) is 0 Å². The van der Waals surface area contributed by atoms with Crippen molar-refractivity contribution >= 4 is 27.4 Å². The number of hydrogen-bond donors (Lipinski definition) is 3. The van der Waals surface area contributed by atoms with Crippen LogP contribution in [-0.2, 0) is 14.6 Å². The fraction of sp³-hybridized carbons (Fsp3) is 0.400. The topological polar surface area (TPSA) is 148 Å². The highest BCUT2D eigenvalue weighted by Gasteiger charge is 2.27. The molecule has 3 rings (SSSR count). The molecule has 1 fully saturated rings. The molecule has 9 nitrogen and oxygen atoms in total. The summed E-state index contributed by atoms with van der Waals surface area (Å²) in [6.45, 7) is 0. The van der Waals surface area contributed by atoms with Gasteiger partial charge in [0.1, 0.15) is 5.69 Å². The quantitative estimate of drug-likeness (QED) is 0.264. The van der Waals surface area contributed by atoms with Crippen LogP contribution in [0.4, 0.5) is 5.82 Å². The molecule has 1 aliphatic rings. The van der Waals surface area contributed by atoms with Crippen molar-refractivity contribution in [3.63, 3.8) is 0 Å². The smallest absolute Gasteiger partial charge is 0.233 e. The number of amidine groups is 1. The van der Waals surface area contributed by atoms with Crippen molar-refractivity contribution in [1.29, 1.82) is 0 Å². The zero-order valence-electron chi connectivity index (χ0n) is 16.7. The molecule has 0 saturated heterocycles. The molecule has 1 aromatic heterocycles. The van der Waals surface area contributed by atoms with E-state index in [0.29, 0.717) is 12.3 Å². The van der Waals surface area contributed by atoms with Crippen LogP contribution in [0.5, 0.6) is 0 Å². The third kappa shape index (κ3) is 5.32. The van der Waals surface area contributed by atoms with Gasteiger partial charge in [0, 0.05) is 6.26 Å². The molecular formula is C20H25N5O4S. The molecule has 0 spiro atoms. The normalized spacial score (nSPS) is 16.4. The number of carbonyl (C=O) groups excluding carboxylic acids is 1. The number of rotatable bonds is 7. The zero-order chi connectivity index (χ0) is 21.7. The molecule has 1 heterocycles. The Kier molecular flexibility index (Phi) is 6.66. The predicted molar refractivity (Wildman–Crippen MR) is 112 cm³/mol. The van der Waals surface area contributed by atoms with Gasteiger partial charge in [0.05, 0.1) is 23.2 Å². The number of oxime groups is 1. The van der Waals surface area contributed by atoms with Crippen LogP contribution < -0.4 is 11.1 Å². The van der Waals surface area contributed by atoms with Crippen molar-refractivity contribution in [2.75, 3.05) is 11.6 Å². The van der Waals surface area contributed by atoms with Gasteiger partial charge in [-0.3, -0.25) is 4.79 Å². The van der Waals surface area contributed by atoms with Crippen molar-refractivity contribution in [3.8, 4) is 0 Å². The number of anilines is 1. The molecule has 1 aliphatic carbocycles. The van der Waals surface area contributed by atoms with Crippen molar-refractivity contribution in [1.82, 2.24) is 9.97 Å². The van der Waals surface area contributed by atoms with Gasteiger partial charge in [0.15, 0.2) is 21.5 Å². The van der Waals surface area contributed by atoms with Gasteiger partial charge in [-0.15, -0.1) is 0 Å². The van der Waals surface area contributed by atoms with Gasteiger partial charge in [-0.05, 0) is 30.0 Å². The lowest BCUT2D eigenvalue weighted by Gasteiger charge is -2.20. The summed E-state index contributed by atoms with van der Waals surface area (Å²) in [7, 11) is -3.31. The Morgan fingerprint density at radius 2 is 1.90 bits per heavy atom. The Balaban J connectivity index is 1.81. The minimum atomic E-state index is -3.31. The number of nitrogens with two attached hydrogens (primary N) is 1. The van der Waals surface area contributed by atoms with Crippen LogP contribution in [0, 0.1) is 5.92 Å². The second-order valence-corrected chi connectivity index (χ2v) is 9.56. The summed E-state index contributed by atoms with van der Waals surface area (Å²) >= 11 is 0. The Morgan fingerprint density at radius 3 is 2.43 bits per heavy atom. The number of hydrogen-bond acceptors (Lipinski definition) is 7. The van der Waals surface area contributed by atoms with Gasteiger partial charge in [-0.1, -0.05) is 43.0 Å². The first-order chi connectivity index (χ1) is 14.3. The van der Waals surface area contributed by atoms with Crippen LogP contribution in [0.1, 0.15) is 49.3 Å². The van der Waals surface area contributed by atoms with Gasteiger partial charge in [0.25, 0.3) is 0 Å². The zero-order valence-corrected chi connectivity index (χ0v) is 17.5. The van der Waals surface area contributed by atoms with E-state index in [1.54, 1.807) is 12.1 Å². The second-order valence-electron chi connectivity index (χ2n) is 7.54. The molecular weight excluding hydrogens is 406 g/mol. The highest BCUT2D eigenvalue weighted by molar-refractivity contribution is 7.90. The Morgan fingerprint density at radius 1 is 1.23 bits per heavy atom. The first-order valence-electron chi connectivity index (χ1n) is 9.68. The molecule has 4 N–H and O–H groups in total. The molecule has 0 radical (unpaired) electrons. The second kappa shape index (κ2) is 9.21. The molecule has 1 amide bonds. The fourth-order valence-corrected chi connectivity index (χ4v) is 4.34. The van der Waals surface area contributed by atoms with E-state index in [2.05, 4.69) is 20.4 Å². The number of amides is 1. The number of benzene rings is 1. The summed E-state index contributed by atoms with van der Waals surface area (Å²) in [5.74, 6) is -0.152. The van der Waals surface area contributed by atoms with E-state index in [1.807, 2.05) is 0 Å². The van der Waals surface area contributed by atoms with Gasteiger partial charge in [0.2, 0.25) is 5.91 Å². The van der Waals surface area contributed by atoms with E-state index in [4.69, 9.17) is 10.9 Å². The fourth-order valence-electron chi connectivity index (χ4n) is 3.71. The van der Waals surface area contributed by atoms with Crippen molar-refractivity contribution in [3.05, 3.63) is 47.9 Å². The first-order valence-corrected chi connectivity index (χ1v) is 11.6. The summed E-state index contributed by atoms with van der Waals surface area (Å²) in [5.41, 5.74) is 6.42. The molecule has 10 heteroatoms. The summed E-state index contributed by atoms with van der Waals surface area (Å²) < 4.78 is 23.5.